The van der Waals surface area contributed by atoms with E-state index >= 15 is 0 Å². The molecule has 0 unspecified atom stereocenters. The number of H-pyrrole nitrogens is 1. The number of aromatic amines is 1. The zero-order valence-corrected chi connectivity index (χ0v) is 6.34. The summed E-state index contributed by atoms with van der Waals surface area (Å²) in [5, 5.41) is 0. The van der Waals surface area contributed by atoms with E-state index in [0.717, 1.165) is 4.60 Å². The van der Waals surface area contributed by atoms with Crippen LogP contribution in [0.5, 0.6) is 0 Å². The Bertz CT molecular complexity index is 145. The maximum Gasteiger partial charge on any atom is 0.383 e. The van der Waals surface area contributed by atoms with Crippen molar-refractivity contribution < 1.29 is 4.42 Å². The van der Waals surface area contributed by atoms with Gasteiger partial charge in [-0.15, -0.1) is 15.9 Å². The highest BCUT2D eigenvalue weighted by Gasteiger charge is 1.95. The van der Waals surface area contributed by atoms with E-state index in [-0.39, 0.29) is 0 Å². The molecule has 4 heteroatoms. The van der Waals surface area contributed by atoms with Crippen LogP contribution in [0, 0.1) is 6.39 Å². The van der Waals surface area contributed by atoms with Gasteiger partial charge in [0.15, 0.2) is 0 Å². The van der Waals surface area contributed by atoms with Crippen molar-refractivity contribution in [2.24, 2.45) is 0 Å². The summed E-state index contributed by atoms with van der Waals surface area (Å²) in [6.45, 7) is 0. The molecule has 0 atom stereocenters. The maximum absolute atomic E-state index is 4.65. The predicted octanol–water partition coefficient (Wildman–Crippen LogP) is 2.21. The van der Waals surface area contributed by atoms with Crippen molar-refractivity contribution in [3.05, 3.63) is 15.7 Å². The topological polar surface area (TPSA) is 27.1 Å². The van der Waals surface area contributed by atoms with Crippen LogP contribution >= 0.6 is 31.9 Å². The molecule has 1 heterocycles. The Hall–Kier alpha value is 0.170. The van der Waals surface area contributed by atoms with Gasteiger partial charge in [-0.05, 0) is 15.9 Å². The van der Waals surface area contributed by atoms with E-state index in [0.29, 0.717) is 4.67 Å². The maximum atomic E-state index is 4.65. The van der Waals surface area contributed by atoms with Gasteiger partial charge in [0, 0.05) is 4.60 Å². The fourth-order valence-electron chi connectivity index (χ4n) is 0.209. The third kappa shape index (κ3) is 1.04. The number of nitrogens with one attached hydrogen (secondary N) is 1. The van der Waals surface area contributed by atoms with Gasteiger partial charge >= 0.3 is 6.39 Å². The highest BCUT2D eigenvalue weighted by atomic mass is 79.9. The zero-order valence-electron chi connectivity index (χ0n) is 3.16. The summed E-state index contributed by atoms with van der Waals surface area (Å²) >= 11 is 6.23. The Kier molecular flexibility index (Phi) is 1.49. The summed E-state index contributed by atoms with van der Waals surface area (Å²) in [6.07, 6.45) is 2.40. The number of aromatic nitrogens is 1. The van der Waals surface area contributed by atoms with Crippen LogP contribution < -0.4 is 0 Å². The number of halogens is 2. The Morgan fingerprint density at radius 1 is 1.57 bits per heavy atom. The summed E-state index contributed by atoms with van der Waals surface area (Å²) in [5.74, 6) is 0. The number of hydrogen-bond acceptors (Lipinski definition) is 0. The van der Waals surface area contributed by atoms with Crippen LogP contribution in [0.4, 0.5) is 0 Å². The van der Waals surface area contributed by atoms with Crippen molar-refractivity contribution in [2.75, 3.05) is 0 Å². The third-order valence-electron chi connectivity index (χ3n) is 0.474. The summed E-state index contributed by atoms with van der Waals surface area (Å²) in [7, 11) is 0. The molecular weight excluding hydrogens is 226 g/mol. The number of rotatable bonds is 0. The second-order valence-corrected chi connectivity index (χ2v) is 2.43. The van der Waals surface area contributed by atoms with E-state index in [1.54, 1.807) is 0 Å². The van der Waals surface area contributed by atoms with E-state index in [2.05, 4.69) is 47.7 Å². The van der Waals surface area contributed by atoms with Crippen LogP contribution in [0.1, 0.15) is 0 Å². The molecule has 1 aromatic rings. The standard InChI is InChI=1S/C3HBr2NO/c4-2-3(5)7-1-6-2/h6H. The molecule has 7 heavy (non-hydrogen) atoms. The Balaban J connectivity index is 3.12. The van der Waals surface area contributed by atoms with E-state index in [1.807, 2.05) is 0 Å². The average Bonchev–Trinajstić information content (AvgIpc) is 1.91. The van der Waals surface area contributed by atoms with Gasteiger partial charge in [0.1, 0.15) is 0 Å². The molecule has 0 amide bonds. The normalized spacial score (nSPS) is 9.43. The molecule has 0 bridgehead atoms. The molecule has 0 saturated carbocycles. The number of hydrogen-bond donors (Lipinski definition) is 1. The van der Waals surface area contributed by atoms with E-state index in [9.17, 15) is 0 Å². The molecule has 1 aromatic heterocycles. The third-order valence-corrected chi connectivity index (χ3v) is 2.12. The summed E-state index contributed by atoms with van der Waals surface area (Å²) in [4.78, 5) is 2.65. The van der Waals surface area contributed by atoms with Gasteiger partial charge in [0.25, 0.3) is 4.67 Å². The first-order valence-corrected chi connectivity index (χ1v) is 3.12. The molecule has 0 radical (unpaired) electrons. The number of oxazole rings is 1. The molecule has 0 aliphatic carbocycles. The second-order valence-electron chi connectivity index (χ2n) is 0.917. The van der Waals surface area contributed by atoms with E-state index in [4.69, 9.17) is 0 Å². The first-order valence-electron chi connectivity index (χ1n) is 1.54. The highest BCUT2D eigenvalue weighted by molar-refractivity contribution is 9.13. The van der Waals surface area contributed by atoms with Crippen LogP contribution in [0.3, 0.4) is 0 Å². The summed E-state index contributed by atoms with van der Waals surface area (Å²) in [5.41, 5.74) is 0. The lowest BCUT2D eigenvalue weighted by atomic mass is 11.0. The minimum absolute atomic E-state index is 0.632. The van der Waals surface area contributed by atoms with Crippen LogP contribution in [-0.4, -0.2) is 4.98 Å². The molecule has 0 aliphatic heterocycles. The van der Waals surface area contributed by atoms with Crippen molar-refractivity contribution in [3.63, 3.8) is 0 Å². The summed E-state index contributed by atoms with van der Waals surface area (Å²) in [6, 6.07) is 0. The van der Waals surface area contributed by atoms with Gasteiger partial charge < -0.3 is 9.40 Å². The molecular formula is C3HBr2NO. The van der Waals surface area contributed by atoms with Crippen molar-refractivity contribution in [3.8, 4) is 0 Å². The molecule has 0 aromatic carbocycles. The van der Waals surface area contributed by atoms with Crippen LogP contribution in [-0.2, 0) is 0 Å². The minimum atomic E-state index is 0.632. The molecule has 38 valence electrons. The largest absolute Gasteiger partial charge is 0.383 e. The minimum Gasteiger partial charge on any atom is -0.379 e. The van der Waals surface area contributed by atoms with Crippen molar-refractivity contribution >= 4 is 31.9 Å². The Labute approximate surface area is 57.2 Å². The van der Waals surface area contributed by atoms with Crippen molar-refractivity contribution in [2.45, 2.75) is 0 Å². The quantitative estimate of drug-likeness (QED) is 0.533. The Morgan fingerprint density at radius 2 is 2.29 bits per heavy atom. The van der Waals surface area contributed by atoms with E-state index < -0.39 is 0 Å². The first-order chi connectivity index (χ1) is 3.30. The first kappa shape index (κ1) is 5.31. The van der Waals surface area contributed by atoms with Crippen molar-refractivity contribution in [1.29, 1.82) is 0 Å². The molecule has 1 rings (SSSR count). The summed E-state index contributed by atoms with van der Waals surface area (Å²) < 4.78 is 6.06. The van der Waals surface area contributed by atoms with Gasteiger partial charge in [-0.3, -0.25) is 0 Å². The smallest absolute Gasteiger partial charge is 0.379 e. The molecule has 1 N–H and O–H groups in total. The van der Waals surface area contributed by atoms with Gasteiger partial charge in [-0.25, -0.2) is 0 Å². The van der Waals surface area contributed by atoms with Crippen molar-refractivity contribution in [1.82, 2.24) is 4.98 Å². The molecule has 0 saturated heterocycles. The SMILES string of the molecule is Brc1[nH][c-][o+]c1Br. The Morgan fingerprint density at radius 3 is 2.43 bits per heavy atom. The molecule has 2 nitrogen and oxygen atoms in total. The van der Waals surface area contributed by atoms with Crippen LogP contribution in [0.15, 0.2) is 13.7 Å². The van der Waals surface area contributed by atoms with Gasteiger partial charge in [0.2, 0.25) is 0 Å². The fourth-order valence-corrected chi connectivity index (χ4v) is 0.551. The lowest BCUT2D eigenvalue weighted by molar-refractivity contribution is 0.523. The van der Waals surface area contributed by atoms with Crippen LogP contribution in [0.25, 0.3) is 0 Å². The van der Waals surface area contributed by atoms with Gasteiger partial charge in [-0.2, -0.15) is 0 Å². The van der Waals surface area contributed by atoms with Gasteiger partial charge in [-0.1, -0.05) is 0 Å². The predicted molar refractivity (Wildman–Crippen MR) is 31.7 cm³/mol. The average molecular weight is 227 g/mol. The molecule has 0 spiro atoms. The zero-order chi connectivity index (χ0) is 5.28. The second kappa shape index (κ2) is 1.96. The lowest BCUT2D eigenvalue weighted by Gasteiger charge is -1.75. The molecule has 0 fully saturated rings. The van der Waals surface area contributed by atoms with Crippen LogP contribution in [0.2, 0.25) is 0 Å². The molecule has 0 aliphatic rings. The highest BCUT2D eigenvalue weighted by Crippen LogP contribution is 2.18. The van der Waals surface area contributed by atoms with E-state index in [1.165, 1.54) is 0 Å². The van der Waals surface area contributed by atoms with Gasteiger partial charge in [0.05, 0.1) is 0 Å². The fraction of sp³-hybridized carbons (Fsp3) is 0. The lowest BCUT2D eigenvalue weighted by Crippen LogP contribution is -1.55. The monoisotopic (exact) mass is 225 g/mol.